The molecule has 0 aliphatic carbocycles. The molecule has 0 aliphatic rings. The van der Waals surface area contributed by atoms with Crippen molar-refractivity contribution in [3.05, 3.63) is 45.1 Å². The first kappa shape index (κ1) is 11.9. The second-order valence-corrected chi connectivity index (χ2v) is 5.05. The van der Waals surface area contributed by atoms with Gasteiger partial charge in [-0.25, -0.2) is 4.98 Å². The van der Waals surface area contributed by atoms with Gasteiger partial charge in [0.2, 0.25) is 0 Å². The lowest BCUT2D eigenvalue weighted by Gasteiger charge is -2.13. The van der Waals surface area contributed by atoms with E-state index in [0.29, 0.717) is 5.82 Å². The van der Waals surface area contributed by atoms with Gasteiger partial charge in [0.15, 0.2) is 5.82 Å². The first-order valence-electron chi connectivity index (χ1n) is 5.47. The van der Waals surface area contributed by atoms with Gasteiger partial charge in [-0.1, -0.05) is 6.07 Å². The molecule has 0 aliphatic heterocycles. The quantitative estimate of drug-likeness (QED) is 0.900. The summed E-state index contributed by atoms with van der Waals surface area (Å²) in [5.41, 5.74) is -0.0921. The van der Waals surface area contributed by atoms with Crippen LogP contribution in [0, 0.1) is 0 Å². The molecule has 0 aromatic carbocycles. The van der Waals surface area contributed by atoms with Gasteiger partial charge in [0.25, 0.3) is 5.56 Å². The number of rotatable bonds is 4. The molecule has 4 nitrogen and oxygen atoms in total. The molecule has 2 rings (SSSR count). The van der Waals surface area contributed by atoms with E-state index in [1.54, 1.807) is 30.8 Å². The van der Waals surface area contributed by atoms with E-state index in [4.69, 9.17) is 0 Å². The summed E-state index contributed by atoms with van der Waals surface area (Å²) in [6.45, 7) is 2.05. The van der Waals surface area contributed by atoms with Gasteiger partial charge in [-0.05, 0) is 18.4 Å². The highest BCUT2D eigenvalue weighted by Gasteiger charge is 2.08. The van der Waals surface area contributed by atoms with Crippen molar-refractivity contribution >= 4 is 17.2 Å². The van der Waals surface area contributed by atoms with Crippen molar-refractivity contribution in [2.24, 2.45) is 7.05 Å². The molecule has 0 saturated heterocycles. The lowest BCUT2D eigenvalue weighted by atomic mass is 10.2. The summed E-state index contributed by atoms with van der Waals surface area (Å²) in [4.78, 5) is 17.1. The van der Waals surface area contributed by atoms with Crippen LogP contribution >= 0.6 is 11.3 Å². The highest BCUT2D eigenvalue weighted by molar-refractivity contribution is 7.09. The Morgan fingerprint density at radius 3 is 3.12 bits per heavy atom. The summed E-state index contributed by atoms with van der Waals surface area (Å²) < 4.78 is 1.52. The monoisotopic (exact) mass is 249 g/mol. The van der Waals surface area contributed by atoms with Crippen LogP contribution in [0.3, 0.4) is 0 Å². The van der Waals surface area contributed by atoms with Crippen LogP contribution in [-0.2, 0) is 13.5 Å². The lowest BCUT2D eigenvalue weighted by molar-refractivity contribution is 0.774. The minimum atomic E-state index is -0.0921. The normalized spacial score (nSPS) is 12.4. The zero-order chi connectivity index (χ0) is 12.3. The third kappa shape index (κ3) is 2.94. The molecule has 0 spiro atoms. The van der Waals surface area contributed by atoms with Crippen LogP contribution in [0.1, 0.15) is 11.8 Å². The van der Waals surface area contributed by atoms with E-state index in [1.807, 2.05) is 13.0 Å². The average molecular weight is 249 g/mol. The van der Waals surface area contributed by atoms with Gasteiger partial charge >= 0.3 is 0 Å². The van der Waals surface area contributed by atoms with Crippen LogP contribution < -0.4 is 10.9 Å². The fourth-order valence-corrected chi connectivity index (χ4v) is 2.45. The van der Waals surface area contributed by atoms with Crippen molar-refractivity contribution in [1.29, 1.82) is 0 Å². The summed E-state index contributed by atoms with van der Waals surface area (Å²) >= 11 is 1.73. The van der Waals surface area contributed by atoms with Crippen molar-refractivity contribution in [2.75, 3.05) is 5.32 Å². The van der Waals surface area contributed by atoms with Gasteiger partial charge in [-0.2, -0.15) is 0 Å². The van der Waals surface area contributed by atoms with Gasteiger partial charge in [0.05, 0.1) is 0 Å². The minimum Gasteiger partial charge on any atom is -0.363 e. The van der Waals surface area contributed by atoms with Gasteiger partial charge in [0.1, 0.15) is 0 Å². The second-order valence-electron chi connectivity index (χ2n) is 4.02. The molecular formula is C12H15N3OS. The Morgan fingerprint density at radius 2 is 2.41 bits per heavy atom. The Kier molecular flexibility index (Phi) is 3.58. The predicted octanol–water partition coefficient (Wildman–Crippen LogP) is 1.88. The average Bonchev–Trinajstić information content (AvgIpc) is 2.77. The van der Waals surface area contributed by atoms with Gasteiger partial charge in [0, 0.05) is 36.8 Å². The van der Waals surface area contributed by atoms with Crippen molar-refractivity contribution in [1.82, 2.24) is 9.55 Å². The summed E-state index contributed by atoms with van der Waals surface area (Å²) in [5.74, 6) is 0.416. The molecule has 0 fully saturated rings. The van der Waals surface area contributed by atoms with E-state index < -0.39 is 0 Å². The third-order valence-corrected chi connectivity index (χ3v) is 3.39. The summed E-state index contributed by atoms with van der Waals surface area (Å²) in [7, 11) is 1.72. The van der Waals surface area contributed by atoms with E-state index in [9.17, 15) is 4.79 Å². The number of aromatic nitrogens is 2. The van der Waals surface area contributed by atoms with Crippen molar-refractivity contribution in [2.45, 2.75) is 19.4 Å². The van der Waals surface area contributed by atoms with Crippen LogP contribution in [0.25, 0.3) is 0 Å². The molecule has 2 heterocycles. The Morgan fingerprint density at radius 1 is 1.59 bits per heavy atom. The Hall–Kier alpha value is -1.62. The lowest BCUT2D eigenvalue weighted by Crippen LogP contribution is -2.27. The van der Waals surface area contributed by atoms with E-state index in [1.165, 1.54) is 9.44 Å². The molecule has 1 atom stereocenters. The molecule has 90 valence electrons. The number of thiophene rings is 1. The van der Waals surface area contributed by atoms with E-state index >= 15 is 0 Å². The van der Waals surface area contributed by atoms with E-state index in [0.717, 1.165) is 6.42 Å². The summed E-state index contributed by atoms with van der Waals surface area (Å²) in [6, 6.07) is 4.32. The highest BCUT2D eigenvalue weighted by atomic mass is 32.1. The van der Waals surface area contributed by atoms with Crippen molar-refractivity contribution < 1.29 is 0 Å². The van der Waals surface area contributed by atoms with Crippen LogP contribution in [0.15, 0.2) is 34.7 Å². The maximum atomic E-state index is 11.7. The maximum Gasteiger partial charge on any atom is 0.293 e. The van der Waals surface area contributed by atoms with E-state index in [2.05, 4.69) is 21.7 Å². The number of anilines is 1. The SMILES string of the molecule is CC(Cc1cccs1)Nc1nccn(C)c1=O. The smallest absolute Gasteiger partial charge is 0.293 e. The molecule has 1 N–H and O–H groups in total. The predicted molar refractivity (Wildman–Crippen MR) is 70.6 cm³/mol. The fourth-order valence-electron chi connectivity index (χ4n) is 1.61. The standard InChI is InChI=1S/C12H15N3OS/c1-9(8-10-4-3-7-17-10)14-11-12(16)15(2)6-5-13-11/h3-7,9H,8H2,1-2H3,(H,13,14). The molecule has 1 unspecified atom stereocenters. The van der Waals surface area contributed by atoms with Crippen molar-refractivity contribution in [3.63, 3.8) is 0 Å². The molecular weight excluding hydrogens is 234 g/mol. The summed E-state index contributed by atoms with van der Waals surface area (Å²) in [5, 5.41) is 5.21. The zero-order valence-corrected chi connectivity index (χ0v) is 10.7. The molecule has 17 heavy (non-hydrogen) atoms. The van der Waals surface area contributed by atoms with E-state index in [-0.39, 0.29) is 11.6 Å². The highest BCUT2D eigenvalue weighted by Crippen LogP contribution is 2.12. The first-order valence-corrected chi connectivity index (χ1v) is 6.35. The topological polar surface area (TPSA) is 46.9 Å². The Bertz CT molecular complexity index is 533. The minimum absolute atomic E-state index is 0.0921. The largest absolute Gasteiger partial charge is 0.363 e. The fraction of sp³-hybridized carbons (Fsp3) is 0.333. The number of nitrogens with one attached hydrogen (secondary N) is 1. The van der Waals surface area contributed by atoms with Gasteiger partial charge in [-0.3, -0.25) is 4.79 Å². The van der Waals surface area contributed by atoms with Crippen LogP contribution in [0.2, 0.25) is 0 Å². The van der Waals surface area contributed by atoms with Crippen LogP contribution in [0.4, 0.5) is 5.82 Å². The molecule has 0 radical (unpaired) electrons. The molecule has 0 amide bonds. The van der Waals surface area contributed by atoms with Crippen LogP contribution in [-0.4, -0.2) is 15.6 Å². The second kappa shape index (κ2) is 5.14. The maximum absolute atomic E-state index is 11.7. The number of hydrogen-bond donors (Lipinski definition) is 1. The third-order valence-electron chi connectivity index (χ3n) is 2.49. The Balaban J connectivity index is 2.05. The summed E-state index contributed by atoms with van der Waals surface area (Å²) in [6.07, 6.45) is 4.18. The number of hydrogen-bond acceptors (Lipinski definition) is 4. The Labute approximate surface area is 104 Å². The number of nitrogens with zero attached hydrogens (tertiary/aromatic N) is 2. The molecule has 2 aromatic heterocycles. The number of aryl methyl sites for hydroxylation is 1. The molecule has 0 saturated carbocycles. The van der Waals surface area contributed by atoms with Crippen molar-refractivity contribution in [3.8, 4) is 0 Å². The molecule has 0 bridgehead atoms. The zero-order valence-electron chi connectivity index (χ0n) is 9.88. The van der Waals surface area contributed by atoms with Gasteiger partial charge < -0.3 is 9.88 Å². The molecule has 2 aromatic rings. The first-order chi connectivity index (χ1) is 8.16. The van der Waals surface area contributed by atoms with Gasteiger partial charge in [-0.15, -0.1) is 11.3 Å². The molecule has 5 heteroatoms. The van der Waals surface area contributed by atoms with Crippen LogP contribution in [0.5, 0.6) is 0 Å².